The molecule has 2 aromatic rings. The Morgan fingerprint density at radius 1 is 1.17 bits per heavy atom. The number of nitrogens with one attached hydrogen (secondary N) is 1. The van der Waals surface area contributed by atoms with E-state index in [1.165, 1.54) is 24.2 Å². The molecule has 0 radical (unpaired) electrons. The quantitative estimate of drug-likeness (QED) is 0.931. The van der Waals surface area contributed by atoms with Crippen molar-refractivity contribution in [3.63, 3.8) is 0 Å². The third-order valence-corrected chi connectivity index (χ3v) is 4.02. The number of aromatic nitrogens is 2. The van der Waals surface area contributed by atoms with Crippen molar-refractivity contribution < 1.29 is 0 Å². The molecule has 1 heterocycles. The second-order valence-corrected chi connectivity index (χ2v) is 5.50. The SMILES string of the molecule is CCc1ccc([C@@H](C)Nc2c(C#N)c(=O)n(C)c(=O)n2C)cc1. The normalized spacial score (nSPS) is 11.8. The summed E-state index contributed by atoms with van der Waals surface area (Å²) in [5.41, 5.74) is 1.13. The number of rotatable bonds is 4. The molecule has 6 heteroatoms. The summed E-state index contributed by atoms with van der Waals surface area (Å²) in [6, 6.07) is 9.83. The Labute approximate surface area is 134 Å². The van der Waals surface area contributed by atoms with Crippen molar-refractivity contribution in [2.24, 2.45) is 14.1 Å². The fraction of sp³-hybridized carbons (Fsp3) is 0.353. The summed E-state index contributed by atoms with van der Waals surface area (Å²) in [7, 11) is 2.90. The van der Waals surface area contributed by atoms with Crippen molar-refractivity contribution in [2.75, 3.05) is 5.32 Å². The average molecular weight is 312 g/mol. The van der Waals surface area contributed by atoms with Gasteiger partial charge in [-0.3, -0.25) is 13.9 Å². The standard InChI is InChI=1S/C17H20N4O2/c1-5-12-6-8-13(9-7-12)11(2)19-15-14(10-18)16(22)21(4)17(23)20(15)3/h6-9,11,19H,5H2,1-4H3/t11-/m1/s1. The second kappa shape index (κ2) is 6.53. The smallest absolute Gasteiger partial charge is 0.332 e. The molecule has 1 aromatic heterocycles. The summed E-state index contributed by atoms with van der Waals surface area (Å²) >= 11 is 0. The summed E-state index contributed by atoms with van der Waals surface area (Å²) in [5.74, 6) is 0.243. The fourth-order valence-corrected chi connectivity index (χ4v) is 2.44. The number of aryl methyl sites for hydroxylation is 1. The largest absolute Gasteiger partial charge is 0.364 e. The van der Waals surface area contributed by atoms with Gasteiger partial charge in [-0.05, 0) is 24.5 Å². The molecular formula is C17H20N4O2. The number of nitrogens with zero attached hydrogens (tertiary/aromatic N) is 3. The van der Waals surface area contributed by atoms with Crippen LogP contribution >= 0.6 is 0 Å². The van der Waals surface area contributed by atoms with Crippen LogP contribution in [0.5, 0.6) is 0 Å². The highest BCUT2D eigenvalue weighted by Gasteiger charge is 2.17. The van der Waals surface area contributed by atoms with Gasteiger partial charge in [0.25, 0.3) is 5.56 Å². The molecule has 0 bridgehead atoms. The third kappa shape index (κ3) is 3.04. The maximum Gasteiger partial charge on any atom is 0.332 e. The lowest BCUT2D eigenvalue weighted by atomic mass is 10.0. The topological polar surface area (TPSA) is 79.8 Å². The van der Waals surface area contributed by atoms with E-state index < -0.39 is 11.2 Å². The predicted molar refractivity (Wildman–Crippen MR) is 89.5 cm³/mol. The molecule has 0 spiro atoms. The zero-order valence-corrected chi connectivity index (χ0v) is 13.8. The maximum absolute atomic E-state index is 12.1. The first-order chi connectivity index (χ1) is 10.9. The van der Waals surface area contributed by atoms with Gasteiger partial charge in [0.1, 0.15) is 11.9 Å². The molecule has 23 heavy (non-hydrogen) atoms. The molecule has 0 amide bonds. The molecule has 0 aliphatic heterocycles. The van der Waals surface area contributed by atoms with Gasteiger partial charge >= 0.3 is 5.69 Å². The lowest BCUT2D eigenvalue weighted by Gasteiger charge is -2.19. The van der Waals surface area contributed by atoms with E-state index in [9.17, 15) is 14.9 Å². The van der Waals surface area contributed by atoms with Gasteiger partial charge in [-0.15, -0.1) is 0 Å². The van der Waals surface area contributed by atoms with Crippen molar-refractivity contribution >= 4 is 5.82 Å². The Hall–Kier alpha value is -2.81. The van der Waals surface area contributed by atoms with Crippen molar-refractivity contribution in [1.82, 2.24) is 9.13 Å². The molecule has 0 saturated carbocycles. The van der Waals surface area contributed by atoms with Gasteiger partial charge in [-0.1, -0.05) is 31.2 Å². The van der Waals surface area contributed by atoms with Crippen LogP contribution in [-0.2, 0) is 20.5 Å². The zero-order valence-electron chi connectivity index (χ0n) is 13.8. The summed E-state index contributed by atoms with van der Waals surface area (Å²) in [5, 5.41) is 12.4. The van der Waals surface area contributed by atoms with Crippen LogP contribution in [0.1, 0.15) is 36.6 Å². The molecule has 0 unspecified atom stereocenters. The highest BCUT2D eigenvalue weighted by molar-refractivity contribution is 5.52. The highest BCUT2D eigenvalue weighted by Crippen LogP contribution is 2.20. The molecule has 0 aliphatic rings. The maximum atomic E-state index is 12.1. The van der Waals surface area contributed by atoms with Crippen LogP contribution in [0.15, 0.2) is 33.9 Å². The van der Waals surface area contributed by atoms with Crippen molar-refractivity contribution in [2.45, 2.75) is 26.3 Å². The average Bonchev–Trinajstić information content (AvgIpc) is 2.58. The number of anilines is 1. The summed E-state index contributed by atoms with van der Waals surface area (Å²) in [4.78, 5) is 24.1. The van der Waals surface area contributed by atoms with Crippen LogP contribution in [0.3, 0.4) is 0 Å². The van der Waals surface area contributed by atoms with E-state index in [0.29, 0.717) is 0 Å². The summed E-state index contributed by atoms with van der Waals surface area (Å²) in [6.07, 6.45) is 0.962. The molecule has 6 nitrogen and oxygen atoms in total. The monoisotopic (exact) mass is 312 g/mol. The Morgan fingerprint density at radius 2 is 1.78 bits per heavy atom. The van der Waals surface area contributed by atoms with Gasteiger partial charge in [0, 0.05) is 20.1 Å². The lowest BCUT2D eigenvalue weighted by Crippen LogP contribution is -2.40. The Kier molecular flexibility index (Phi) is 4.70. The first-order valence-corrected chi connectivity index (χ1v) is 7.46. The van der Waals surface area contributed by atoms with Crippen molar-refractivity contribution in [3.05, 3.63) is 61.8 Å². The fourth-order valence-electron chi connectivity index (χ4n) is 2.44. The Bertz CT molecular complexity index is 870. The molecule has 0 fully saturated rings. The van der Waals surface area contributed by atoms with Crippen LogP contribution in [-0.4, -0.2) is 9.13 Å². The minimum absolute atomic E-state index is 0.0633. The van der Waals surface area contributed by atoms with Gasteiger partial charge < -0.3 is 5.32 Å². The summed E-state index contributed by atoms with van der Waals surface area (Å²) in [6.45, 7) is 4.01. The second-order valence-electron chi connectivity index (χ2n) is 5.50. The predicted octanol–water partition coefficient (Wildman–Crippen LogP) is 1.69. The molecule has 2 rings (SSSR count). The van der Waals surface area contributed by atoms with E-state index in [4.69, 9.17) is 0 Å². The van der Waals surface area contributed by atoms with E-state index in [-0.39, 0.29) is 17.4 Å². The van der Waals surface area contributed by atoms with Crippen LogP contribution in [0.2, 0.25) is 0 Å². The van der Waals surface area contributed by atoms with Crippen LogP contribution in [0.4, 0.5) is 5.82 Å². The van der Waals surface area contributed by atoms with Crippen molar-refractivity contribution in [1.29, 1.82) is 5.26 Å². The molecule has 1 N–H and O–H groups in total. The van der Waals surface area contributed by atoms with E-state index in [1.54, 1.807) is 0 Å². The first-order valence-electron chi connectivity index (χ1n) is 7.46. The highest BCUT2D eigenvalue weighted by atomic mass is 16.2. The third-order valence-electron chi connectivity index (χ3n) is 4.02. The minimum Gasteiger partial charge on any atom is -0.364 e. The lowest BCUT2D eigenvalue weighted by molar-refractivity contribution is 0.678. The van der Waals surface area contributed by atoms with Gasteiger partial charge in [0.2, 0.25) is 0 Å². The first kappa shape index (κ1) is 16.6. The summed E-state index contributed by atoms with van der Waals surface area (Å²) < 4.78 is 2.22. The van der Waals surface area contributed by atoms with Crippen molar-refractivity contribution in [3.8, 4) is 6.07 Å². The Morgan fingerprint density at radius 3 is 2.30 bits per heavy atom. The van der Waals surface area contributed by atoms with E-state index in [2.05, 4.69) is 12.2 Å². The number of hydrogen-bond donors (Lipinski definition) is 1. The number of benzene rings is 1. The van der Waals surface area contributed by atoms with E-state index in [1.807, 2.05) is 37.3 Å². The van der Waals surface area contributed by atoms with Crippen LogP contribution in [0.25, 0.3) is 0 Å². The molecule has 1 aromatic carbocycles. The molecule has 0 aliphatic carbocycles. The number of nitriles is 1. The Balaban J connectivity index is 2.45. The van der Waals surface area contributed by atoms with E-state index in [0.717, 1.165) is 16.6 Å². The molecular weight excluding hydrogens is 292 g/mol. The van der Waals surface area contributed by atoms with E-state index >= 15 is 0 Å². The van der Waals surface area contributed by atoms with Crippen LogP contribution in [0, 0.1) is 11.3 Å². The number of hydrogen-bond acceptors (Lipinski definition) is 4. The van der Waals surface area contributed by atoms with Gasteiger partial charge in [-0.25, -0.2) is 4.79 Å². The van der Waals surface area contributed by atoms with Gasteiger partial charge in [0.15, 0.2) is 5.56 Å². The molecule has 120 valence electrons. The van der Waals surface area contributed by atoms with Crippen LogP contribution < -0.4 is 16.6 Å². The molecule has 0 saturated heterocycles. The minimum atomic E-state index is -0.591. The van der Waals surface area contributed by atoms with Gasteiger partial charge in [-0.2, -0.15) is 5.26 Å². The zero-order chi connectivity index (χ0) is 17.1. The van der Waals surface area contributed by atoms with Gasteiger partial charge in [0.05, 0.1) is 0 Å². The molecule has 1 atom stereocenters.